The first-order valence-electron chi connectivity index (χ1n) is 7.22. The molecule has 0 amide bonds. The molecule has 0 saturated heterocycles. The molecule has 2 N–H and O–H groups in total. The Kier molecular flexibility index (Phi) is 7.18. The summed E-state index contributed by atoms with van der Waals surface area (Å²) in [6.45, 7) is 4.24. The van der Waals surface area contributed by atoms with E-state index in [1.54, 1.807) is 0 Å². The molecule has 1 heterocycles. The molecule has 128 valence electrons. The van der Waals surface area contributed by atoms with E-state index in [4.69, 9.17) is 10.3 Å². The Hall–Kier alpha value is -1.44. The zero-order valence-corrected chi connectivity index (χ0v) is 14.9. The summed E-state index contributed by atoms with van der Waals surface area (Å²) in [4.78, 5) is 4.24. The van der Waals surface area contributed by atoms with Gasteiger partial charge in [-0.05, 0) is 11.5 Å². The van der Waals surface area contributed by atoms with Crippen LogP contribution in [0.15, 0.2) is 28.8 Å². The number of hydrogen-bond acceptors (Lipinski definition) is 6. The van der Waals surface area contributed by atoms with Gasteiger partial charge in [0.1, 0.15) is 0 Å². The number of benzene rings is 1. The number of halogens is 1. The second kappa shape index (κ2) is 8.42. The van der Waals surface area contributed by atoms with Crippen molar-refractivity contribution in [2.75, 3.05) is 11.5 Å². The van der Waals surface area contributed by atoms with Gasteiger partial charge in [-0.25, -0.2) is 8.42 Å². The fourth-order valence-electron chi connectivity index (χ4n) is 2.10. The lowest BCUT2D eigenvalue weighted by Crippen LogP contribution is -2.16. The first-order valence-corrected chi connectivity index (χ1v) is 9.04. The zero-order valence-electron chi connectivity index (χ0n) is 13.2. The third-order valence-electron chi connectivity index (χ3n) is 3.13. The molecule has 2 aromatic rings. The van der Waals surface area contributed by atoms with E-state index in [0.717, 1.165) is 11.1 Å². The molecule has 0 fully saturated rings. The molecule has 1 aromatic heterocycles. The van der Waals surface area contributed by atoms with E-state index in [1.807, 2.05) is 38.1 Å². The molecule has 0 aliphatic rings. The minimum absolute atomic E-state index is 0. The number of rotatable bonds is 7. The van der Waals surface area contributed by atoms with Crippen molar-refractivity contribution in [1.29, 1.82) is 0 Å². The lowest BCUT2D eigenvalue weighted by atomic mass is 10.1. The van der Waals surface area contributed by atoms with Crippen molar-refractivity contribution >= 4 is 22.2 Å². The second-order valence-electron chi connectivity index (χ2n) is 5.67. The molecule has 2 rings (SSSR count). The van der Waals surface area contributed by atoms with Crippen LogP contribution in [0.5, 0.6) is 0 Å². The molecule has 0 unspecified atom stereocenters. The Morgan fingerprint density at radius 1 is 1.22 bits per heavy atom. The van der Waals surface area contributed by atoms with Gasteiger partial charge in [0.15, 0.2) is 9.84 Å². The van der Waals surface area contributed by atoms with Gasteiger partial charge in [0, 0.05) is 18.5 Å². The van der Waals surface area contributed by atoms with Crippen molar-refractivity contribution in [1.82, 2.24) is 10.1 Å². The maximum absolute atomic E-state index is 11.9. The highest BCUT2D eigenvalue weighted by Gasteiger charge is 2.16. The summed E-state index contributed by atoms with van der Waals surface area (Å²) >= 11 is 0. The van der Waals surface area contributed by atoms with Gasteiger partial charge in [0.25, 0.3) is 0 Å². The topological polar surface area (TPSA) is 99.1 Å². The van der Waals surface area contributed by atoms with Crippen LogP contribution in [0.1, 0.15) is 25.3 Å². The third kappa shape index (κ3) is 5.93. The van der Waals surface area contributed by atoms with E-state index in [-0.39, 0.29) is 36.3 Å². The average Bonchev–Trinajstić information content (AvgIpc) is 2.93. The smallest absolute Gasteiger partial charge is 0.227 e. The van der Waals surface area contributed by atoms with Crippen LogP contribution in [0.4, 0.5) is 0 Å². The molecular weight excluding hydrogens is 338 g/mol. The largest absolute Gasteiger partial charge is 0.339 e. The monoisotopic (exact) mass is 359 g/mol. The first-order chi connectivity index (χ1) is 10.4. The molecule has 1 aromatic carbocycles. The second-order valence-corrected chi connectivity index (χ2v) is 7.90. The van der Waals surface area contributed by atoms with Crippen molar-refractivity contribution in [3.63, 3.8) is 0 Å². The predicted molar refractivity (Wildman–Crippen MR) is 92.1 cm³/mol. The lowest BCUT2D eigenvalue weighted by molar-refractivity contribution is 0.382. The molecule has 0 saturated carbocycles. The zero-order chi connectivity index (χ0) is 16.2. The summed E-state index contributed by atoms with van der Waals surface area (Å²) in [7, 11) is -3.09. The third-order valence-corrected chi connectivity index (χ3v) is 5.13. The van der Waals surface area contributed by atoms with E-state index in [2.05, 4.69) is 10.1 Å². The standard InChI is InChI=1S/C15H21N3O3S.ClH/c1-11(2)10-22(19,20)8-7-14-17-15(18-21-14)13-5-3-12(9-16)4-6-13;/h3-6,11H,7-10,16H2,1-2H3;1H. The Balaban J connectivity index is 0.00000264. The highest BCUT2D eigenvalue weighted by Crippen LogP contribution is 2.17. The molecule has 0 aliphatic heterocycles. The molecule has 0 spiro atoms. The Labute approximate surface area is 142 Å². The van der Waals surface area contributed by atoms with Gasteiger partial charge >= 0.3 is 0 Å². The quantitative estimate of drug-likeness (QED) is 0.813. The normalized spacial score (nSPS) is 11.5. The summed E-state index contributed by atoms with van der Waals surface area (Å²) in [5.74, 6) is 1.11. The van der Waals surface area contributed by atoms with E-state index < -0.39 is 9.84 Å². The molecule has 0 atom stereocenters. The van der Waals surface area contributed by atoms with Gasteiger partial charge in [-0.1, -0.05) is 43.3 Å². The maximum Gasteiger partial charge on any atom is 0.227 e. The summed E-state index contributed by atoms with van der Waals surface area (Å²) in [5.41, 5.74) is 7.39. The maximum atomic E-state index is 11.9. The number of nitrogens with two attached hydrogens (primary N) is 1. The van der Waals surface area contributed by atoms with Crippen LogP contribution in [0.25, 0.3) is 11.4 Å². The summed E-state index contributed by atoms with van der Waals surface area (Å²) in [6.07, 6.45) is 0.239. The first kappa shape index (κ1) is 19.6. The minimum Gasteiger partial charge on any atom is -0.339 e. The van der Waals surface area contributed by atoms with Gasteiger partial charge < -0.3 is 10.3 Å². The van der Waals surface area contributed by atoms with Gasteiger partial charge in [-0.15, -0.1) is 12.4 Å². The molecule has 0 aliphatic carbocycles. The van der Waals surface area contributed by atoms with Gasteiger partial charge in [0.2, 0.25) is 11.7 Å². The number of aromatic nitrogens is 2. The van der Waals surface area contributed by atoms with E-state index in [9.17, 15) is 8.42 Å². The lowest BCUT2D eigenvalue weighted by Gasteiger charge is -2.04. The summed E-state index contributed by atoms with van der Waals surface area (Å²) < 4.78 is 28.8. The molecular formula is C15H22ClN3O3S. The van der Waals surface area contributed by atoms with Crippen LogP contribution in [-0.2, 0) is 22.8 Å². The number of sulfone groups is 1. The highest BCUT2D eigenvalue weighted by molar-refractivity contribution is 7.91. The average molecular weight is 360 g/mol. The molecule has 0 bridgehead atoms. The summed E-state index contributed by atoms with van der Waals surface area (Å²) in [6, 6.07) is 7.54. The van der Waals surface area contributed by atoms with E-state index >= 15 is 0 Å². The van der Waals surface area contributed by atoms with Crippen LogP contribution >= 0.6 is 12.4 Å². The SMILES string of the molecule is CC(C)CS(=O)(=O)CCc1nc(-c2ccc(CN)cc2)no1.Cl. The molecule has 6 nitrogen and oxygen atoms in total. The number of aryl methyl sites for hydroxylation is 1. The Morgan fingerprint density at radius 3 is 2.43 bits per heavy atom. The Bertz CT molecular complexity index is 712. The summed E-state index contributed by atoms with van der Waals surface area (Å²) in [5, 5.41) is 3.89. The van der Waals surface area contributed by atoms with Crippen molar-refractivity contribution in [2.24, 2.45) is 11.7 Å². The minimum atomic E-state index is -3.09. The van der Waals surface area contributed by atoms with Crippen molar-refractivity contribution in [2.45, 2.75) is 26.8 Å². The molecule has 23 heavy (non-hydrogen) atoms. The van der Waals surface area contributed by atoms with Crippen molar-refractivity contribution in [3.05, 3.63) is 35.7 Å². The Morgan fingerprint density at radius 2 is 1.87 bits per heavy atom. The predicted octanol–water partition coefficient (Wildman–Crippen LogP) is 2.23. The van der Waals surface area contributed by atoms with Crippen molar-refractivity contribution in [3.8, 4) is 11.4 Å². The molecule has 8 heteroatoms. The van der Waals surface area contributed by atoms with Gasteiger partial charge in [-0.3, -0.25) is 0 Å². The van der Waals surface area contributed by atoms with Crippen LogP contribution in [-0.4, -0.2) is 30.1 Å². The van der Waals surface area contributed by atoms with Gasteiger partial charge in [-0.2, -0.15) is 4.98 Å². The molecule has 0 radical (unpaired) electrons. The van der Waals surface area contributed by atoms with Crippen LogP contribution < -0.4 is 5.73 Å². The van der Waals surface area contributed by atoms with E-state index in [0.29, 0.717) is 18.3 Å². The fraction of sp³-hybridized carbons (Fsp3) is 0.467. The van der Waals surface area contributed by atoms with Gasteiger partial charge in [0.05, 0.1) is 11.5 Å². The van der Waals surface area contributed by atoms with E-state index in [1.165, 1.54) is 0 Å². The number of hydrogen-bond donors (Lipinski definition) is 1. The van der Waals surface area contributed by atoms with Crippen LogP contribution in [0.3, 0.4) is 0 Å². The number of nitrogens with zero attached hydrogens (tertiary/aromatic N) is 2. The van der Waals surface area contributed by atoms with Crippen LogP contribution in [0.2, 0.25) is 0 Å². The fourth-order valence-corrected chi connectivity index (χ4v) is 3.77. The highest BCUT2D eigenvalue weighted by atomic mass is 35.5. The van der Waals surface area contributed by atoms with Crippen LogP contribution in [0, 0.1) is 5.92 Å². The van der Waals surface area contributed by atoms with Crippen molar-refractivity contribution < 1.29 is 12.9 Å².